The summed E-state index contributed by atoms with van der Waals surface area (Å²) in [5.74, 6) is 2.69. The first kappa shape index (κ1) is 12.5. The van der Waals surface area contributed by atoms with Gasteiger partial charge in [-0.3, -0.25) is 4.90 Å². The van der Waals surface area contributed by atoms with E-state index in [1.807, 2.05) is 6.07 Å². The lowest BCUT2D eigenvalue weighted by atomic mass is 9.76. The second-order valence-electron chi connectivity index (χ2n) is 6.00. The lowest BCUT2D eigenvalue weighted by Crippen LogP contribution is -2.47. The molecule has 1 aromatic rings. The van der Waals surface area contributed by atoms with Crippen molar-refractivity contribution in [2.24, 2.45) is 5.92 Å². The molecule has 2 aliphatic heterocycles. The molecule has 1 N–H and O–H groups in total. The van der Waals surface area contributed by atoms with Crippen LogP contribution in [0.4, 0.5) is 0 Å². The second kappa shape index (κ2) is 5.26. The molecule has 4 heteroatoms. The summed E-state index contributed by atoms with van der Waals surface area (Å²) in [4.78, 5) is 2.64. The molecule has 1 saturated carbocycles. The zero-order valence-electron chi connectivity index (χ0n) is 11.8. The molecule has 1 atom stereocenters. The number of hydrogen-bond donors (Lipinski definition) is 1. The van der Waals surface area contributed by atoms with Crippen molar-refractivity contribution in [3.05, 3.63) is 23.8 Å². The Hall–Kier alpha value is -1.26. The Balaban J connectivity index is 1.68. The number of piperazine rings is 1. The first-order valence-electron chi connectivity index (χ1n) is 7.77. The maximum absolute atomic E-state index is 5.76. The summed E-state index contributed by atoms with van der Waals surface area (Å²) in [6.07, 6.45) is 4.07. The van der Waals surface area contributed by atoms with Crippen molar-refractivity contribution in [1.29, 1.82) is 0 Å². The van der Waals surface area contributed by atoms with E-state index in [9.17, 15) is 0 Å². The number of hydrogen-bond acceptors (Lipinski definition) is 4. The van der Waals surface area contributed by atoms with Gasteiger partial charge in [-0.1, -0.05) is 18.6 Å². The molecule has 4 nitrogen and oxygen atoms in total. The highest BCUT2D eigenvalue weighted by Crippen LogP contribution is 2.47. The van der Waals surface area contributed by atoms with E-state index in [4.69, 9.17) is 9.47 Å². The van der Waals surface area contributed by atoms with Gasteiger partial charge < -0.3 is 14.8 Å². The Bertz CT molecular complexity index is 481. The van der Waals surface area contributed by atoms with E-state index < -0.39 is 0 Å². The van der Waals surface area contributed by atoms with Crippen LogP contribution in [-0.4, -0.2) is 37.9 Å². The van der Waals surface area contributed by atoms with Gasteiger partial charge in [0.1, 0.15) is 0 Å². The van der Waals surface area contributed by atoms with Crippen LogP contribution in [0.25, 0.3) is 0 Å². The van der Waals surface area contributed by atoms with E-state index in [1.54, 1.807) is 0 Å². The number of benzene rings is 1. The summed E-state index contributed by atoms with van der Waals surface area (Å²) in [5, 5.41) is 3.45. The number of nitrogens with zero attached hydrogens (tertiary/aromatic N) is 1. The zero-order chi connectivity index (χ0) is 13.4. The van der Waals surface area contributed by atoms with Crippen LogP contribution in [0.1, 0.15) is 30.9 Å². The zero-order valence-corrected chi connectivity index (χ0v) is 11.8. The molecule has 1 aliphatic carbocycles. The van der Waals surface area contributed by atoms with Crippen LogP contribution in [0.2, 0.25) is 0 Å². The van der Waals surface area contributed by atoms with Crippen LogP contribution < -0.4 is 14.8 Å². The van der Waals surface area contributed by atoms with E-state index in [-0.39, 0.29) is 0 Å². The highest BCUT2D eigenvalue weighted by molar-refractivity contribution is 5.49. The standard InChI is InChI=1S/C16H22N2O2/c1-3-12(4-1)15(18-9-7-17-8-10-18)13-5-2-6-14-16(13)20-11-19-14/h2,5-6,12,15,17H,1,3-4,7-11H2/t15-/m0/s1. The van der Waals surface area contributed by atoms with Gasteiger partial charge in [0.2, 0.25) is 6.79 Å². The molecule has 1 saturated heterocycles. The predicted octanol–water partition coefficient (Wildman–Crippen LogP) is 2.16. The Morgan fingerprint density at radius 3 is 2.75 bits per heavy atom. The summed E-state index contributed by atoms with van der Waals surface area (Å²) in [6.45, 7) is 4.81. The monoisotopic (exact) mass is 274 g/mol. The number of ether oxygens (including phenoxy) is 2. The Labute approximate surface area is 120 Å². The van der Waals surface area contributed by atoms with Crippen LogP contribution in [0.15, 0.2) is 18.2 Å². The van der Waals surface area contributed by atoms with Gasteiger partial charge in [-0.05, 0) is 24.8 Å². The number of fused-ring (bicyclic) bond motifs is 1. The molecule has 0 bridgehead atoms. The molecule has 1 aromatic carbocycles. The van der Waals surface area contributed by atoms with Crippen molar-refractivity contribution >= 4 is 0 Å². The third-order valence-corrected chi connectivity index (χ3v) is 4.89. The van der Waals surface area contributed by atoms with Crippen LogP contribution in [0.5, 0.6) is 11.5 Å². The SMILES string of the molecule is c1cc2c(c([C@H](C3CCC3)N3CCNCC3)c1)OCO2. The highest BCUT2D eigenvalue weighted by atomic mass is 16.7. The third kappa shape index (κ3) is 2.07. The van der Waals surface area contributed by atoms with Crippen molar-refractivity contribution in [3.63, 3.8) is 0 Å². The molecule has 0 radical (unpaired) electrons. The van der Waals surface area contributed by atoms with Crippen LogP contribution in [0, 0.1) is 5.92 Å². The van der Waals surface area contributed by atoms with E-state index >= 15 is 0 Å². The second-order valence-corrected chi connectivity index (χ2v) is 6.00. The lowest BCUT2D eigenvalue weighted by Gasteiger charge is -2.43. The predicted molar refractivity (Wildman–Crippen MR) is 77.1 cm³/mol. The summed E-state index contributed by atoms with van der Waals surface area (Å²) in [6, 6.07) is 6.86. The largest absolute Gasteiger partial charge is 0.454 e. The summed E-state index contributed by atoms with van der Waals surface area (Å²) < 4.78 is 11.3. The Morgan fingerprint density at radius 1 is 1.15 bits per heavy atom. The molecule has 0 spiro atoms. The van der Waals surface area contributed by atoms with Crippen LogP contribution >= 0.6 is 0 Å². The lowest BCUT2D eigenvalue weighted by molar-refractivity contribution is 0.0809. The molecule has 0 unspecified atom stereocenters. The first-order valence-corrected chi connectivity index (χ1v) is 7.77. The topological polar surface area (TPSA) is 33.7 Å². The van der Waals surface area contributed by atoms with E-state index in [1.165, 1.54) is 24.8 Å². The quantitative estimate of drug-likeness (QED) is 0.916. The normalized spacial score (nSPS) is 24.4. The maximum Gasteiger partial charge on any atom is 0.231 e. The van der Waals surface area contributed by atoms with Gasteiger partial charge in [-0.2, -0.15) is 0 Å². The summed E-state index contributed by atoms with van der Waals surface area (Å²) >= 11 is 0. The average Bonchev–Trinajstić information content (AvgIpc) is 2.92. The molecule has 108 valence electrons. The Morgan fingerprint density at radius 2 is 2.00 bits per heavy atom. The number of rotatable bonds is 3. The van der Waals surface area contributed by atoms with E-state index in [2.05, 4.69) is 22.3 Å². The van der Waals surface area contributed by atoms with Gasteiger partial charge in [0.05, 0.1) is 0 Å². The third-order valence-electron chi connectivity index (χ3n) is 4.89. The molecule has 4 rings (SSSR count). The minimum Gasteiger partial charge on any atom is -0.454 e. The van der Waals surface area contributed by atoms with Gasteiger partial charge >= 0.3 is 0 Å². The molecule has 2 heterocycles. The van der Waals surface area contributed by atoms with Gasteiger partial charge in [-0.25, -0.2) is 0 Å². The summed E-state index contributed by atoms with van der Waals surface area (Å²) in [5.41, 5.74) is 1.34. The minimum atomic E-state index is 0.366. The van der Waals surface area contributed by atoms with Crippen molar-refractivity contribution in [1.82, 2.24) is 10.2 Å². The van der Waals surface area contributed by atoms with Gasteiger partial charge in [0.15, 0.2) is 11.5 Å². The fourth-order valence-electron chi connectivity index (χ4n) is 3.65. The molecule has 3 aliphatic rings. The Kier molecular flexibility index (Phi) is 3.28. The smallest absolute Gasteiger partial charge is 0.231 e. The molecule has 0 amide bonds. The molecular weight excluding hydrogens is 252 g/mol. The maximum atomic E-state index is 5.76. The highest BCUT2D eigenvalue weighted by Gasteiger charge is 2.36. The number of para-hydroxylation sites is 1. The van der Waals surface area contributed by atoms with Gasteiger partial charge in [0, 0.05) is 37.8 Å². The fourth-order valence-corrected chi connectivity index (χ4v) is 3.65. The van der Waals surface area contributed by atoms with Crippen LogP contribution in [-0.2, 0) is 0 Å². The average molecular weight is 274 g/mol. The first-order chi connectivity index (χ1) is 9.93. The molecule has 0 aromatic heterocycles. The van der Waals surface area contributed by atoms with Gasteiger partial charge in [-0.15, -0.1) is 0 Å². The summed E-state index contributed by atoms with van der Waals surface area (Å²) in [7, 11) is 0. The molecule has 20 heavy (non-hydrogen) atoms. The van der Waals surface area contributed by atoms with Crippen molar-refractivity contribution < 1.29 is 9.47 Å². The van der Waals surface area contributed by atoms with Crippen LogP contribution in [0.3, 0.4) is 0 Å². The number of nitrogens with one attached hydrogen (secondary N) is 1. The van der Waals surface area contributed by atoms with E-state index in [0.29, 0.717) is 12.8 Å². The van der Waals surface area contributed by atoms with Crippen molar-refractivity contribution in [2.75, 3.05) is 33.0 Å². The molecule has 2 fully saturated rings. The van der Waals surface area contributed by atoms with E-state index in [0.717, 1.165) is 43.6 Å². The minimum absolute atomic E-state index is 0.366. The van der Waals surface area contributed by atoms with Gasteiger partial charge in [0.25, 0.3) is 0 Å². The van der Waals surface area contributed by atoms with Crippen molar-refractivity contribution in [2.45, 2.75) is 25.3 Å². The molecular formula is C16H22N2O2. The van der Waals surface area contributed by atoms with Crippen molar-refractivity contribution in [3.8, 4) is 11.5 Å². The fraction of sp³-hybridized carbons (Fsp3) is 0.625.